The molecule has 0 aliphatic carbocycles. The van der Waals surface area contributed by atoms with Crippen molar-refractivity contribution in [2.75, 3.05) is 27.7 Å². The van der Waals surface area contributed by atoms with Crippen LogP contribution in [0, 0.1) is 0 Å². The van der Waals surface area contributed by atoms with Crippen molar-refractivity contribution in [1.82, 2.24) is 15.5 Å². The van der Waals surface area contributed by atoms with Gasteiger partial charge in [0.25, 0.3) is 0 Å². The highest BCUT2D eigenvalue weighted by Crippen LogP contribution is 2.12. The summed E-state index contributed by atoms with van der Waals surface area (Å²) in [4.78, 5) is 18.2. The molecule has 1 amide bonds. The van der Waals surface area contributed by atoms with Crippen LogP contribution in [0.15, 0.2) is 59.6 Å². The van der Waals surface area contributed by atoms with Crippen LogP contribution < -0.4 is 15.4 Å². The summed E-state index contributed by atoms with van der Waals surface area (Å²) < 4.78 is 5.23. The predicted molar refractivity (Wildman–Crippen MR) is 109 cm³/mol. The van der Waals surface area contributed by atoms with Crippen LogP contribution in [0.5, 0.6) is 5.75 Å². The summed E-state index contributed by atoms with van der Waals surface area (Å²) in [6, 6.07) is 17.8. The minimum Gasteiger partial charge on any atom is -0.497 e. The number of nitrogens with one attached hydrogen (secondary N) is 2. The highest BCUT2D eigenvalue weighted by molar-refractivity contribution is 5.81. The number of ether oxygens (including phenoxy) is 1. The van der Waals surface area contributed by atoms with Crippen molar-refractivity contribution in [3.63, 3.8) is 0 Å². The summed E-state index contributed by atoms with van der Waals surface area (Å²) in [6.07, 6.45) is 0.406. The molecule has 0 saturated heterocycles. The zero-order valence-corrected chi connectivity index (χ0v) is 16.2. The fraction of sp³-hybridized carbons (Fsp3) is 0.333. The average Bonchev–Trinajstić information content (AvgIpc) is 2.71. The third-order valence-electron chi connectivity index (χ3n) is 4.14. The molecule has 0 fully saturated rings. The van der Waals surface area contributed by atoms with E-state index in [1.165, 1.54) is 0 Å². The van der Waals surface area contributed by atoms with Gasteiger partial charge in [-0.2, -0.15) is 0 Å². The molecule has 27 heavy (non-hydrogen) atoms. The molecule has 2 N–H and O–H groups in total. The molecule has 0 aliphatic rings. The highest BCUT2D eigenvalue weighted by atomic mass is 16.5. The summed E-state index contributed by atoms with van der Waals surface area (Å²) in [5.41, 5.74) is 2.22. The second-order valence-electron chi connectivity index (χ2n) is 6.19. The Morgan fingerprint density at radius 2 is 1.81 bits per heavy atom. The van der Waals surface area contributed by atoms with Crippen LogP contribution in [0.2, 0.25) is 0 Å². The number of hydrogen-bond acceptors (Lipinski definition) is 3. The summed E-state index contributed by atoms with van der Waals surface area (Å²) in [7, 11) is 5.19. The predicted octanol–water partition coefficient (Wildman–Crippen LogP) is 2.41. The molecule has 0 heterocycles. The van der Waals surface area contributed by atoms with Gasteiger partial charge in [-0.05, 0) is 23.3 Å². The smallest absolute Gasteiger partial charge is 0.224 e. The van der Waals surface area contributed by atoms with Gasteiger partial charge in [0.05, 0.1) is 7.11 Å². The Balaban J connectivity index is 1.72. The van der Waals surface area contributed by atoms with Crippen molar-refractivity contribution in [1.29, 1.82) is 0 Å². The number of methoxy groups -OCH3 is 1. The molecule has 0 radical (unpaired) electrons. The molecular weight excluding hydrogens is 340 g/mol. The molecule has 0 aliphatic heterocycles. The minimum atomic E-state index is 0.0922. The minimum absolute atomic E-state index is 0.0922. The molecule has 2 aromatic carbocycles. The van der Waals surface area contributed by atoms with Crippen LogP contribution in [0.25, 0.3) is 0 Å². The fourth-order valence-corrected chi connectivity index (χ4v) is 2.61. The Morgan fingerprint density at radius 1 is 1.07 bits per heavy atom. The van der Waals surface area contributed by atoms with Gasteiger partial charge in [-0.1, -0.05) is 42.5 Å². The summed E-state index contributed by atoms with van der Waals surface area (Å²) >= 11 is 0. The molecule has 6 nitrogen and oxygen atoms in total. The molecule has 6 heteroatoms. The third-order valence-corrected chi connectivity index (χ3v) is 4.14. The van der Waals surface area contributed by atoms with Crippen molar-refractivity contribution in [3.05, 3.63) is 65.7 Å². The van der Waals surface area contributed by atoms with Gasteiger partial charge in [-0.3, -0.25) is 9.79 Å². The van der Waals surface area contributed by atoms with Crippen LogP contribution in [0.3, 0.4) is 0 Å². The van der Waals surface area contributed by atoms with Crippen molar-refractivity contribution < 1.29 is 9.53 Å². The lowest BCUT2D eigenvalue weighted by Crippen LogP contribution is -2.39. The van der Waals surface area contributed by atoms with Crippen LogP contribution in [-0.4, -0.2) is 44.5 Å². The average molecular weight is 368 g/mol. The van der Waals surface area contributed by atoms with Crippen molar-refractivity contribution in [2.24, 2.45) is 4.99 Å². The Morgan fingerprint density at radius 3 is 2.52 bits per heavy atom. The SMILES string of the molecule is CN=C(NCCC(=O)N(C)Cc1ccccc1)NCc1cccc(OC)c1. The number of rotatable bonds is 8. The van der Waals surface area contributed by atoms with Gasteiger partial charge in [-0.25, -0.2) is 0 Å². The standard InChI is InChI=1S/C21H28N4O2/c1-22-21(24-15-18-10-7-11-19(14-18)27-3)23-13-12-20(26)25(2)16-17-8-5-4-6-9-17/h4-11,14H,12-13,15-16H2,1-3H3,(H2,22,23,24). The number of guanidine groups is 1. The lowest BCUT2D eigenvalue weighted by atomic mass is 10.2. The fourth-order valence-electron chi connectivity index (χ4n) is 2.61. The number of aliphatic imine (C=N–C) groups is 1. The number of hydrogen-bond donors (Lipinski definition) is 2. The molecular formula is C21H28N4O2. The van der Waals surface area contributed by atoms with Gasteiger partial charge in [0.15, 0.2) is 5.96 Å². The van der Waals surface area contributed by atoms with Crippen molar-refractivity contribution in [3.8, 4) is 5.75 Å². The molecule has 0 saturated carbocycles. The van der Waals surface area contributed by atoms with Crippen LogP contribution >= 0.6 is 0 Å². The molecule has 2 aromatic rings. The molecule has 144 valence electrons. The van der Waals surface area contributed by atoms with E-state index in [-0.39, 0.29) is 5.91 Å². The second-order valence-corrected chi connectivity index (χ2v) is 6.19. The Labute approximate surface area is 161 Å². The van der Waals surface area contributed by atoms with Crippen molar-refractivity contribution >= 4 is 11.9 Å². The number of carbonyl (C=O) groups excluding carboxylic acids is 1. The first-order chi connectivity index (χ1) is 13.1. The van der Waals surface area contributed by atoms with E-state index in [1.807, 2.05) is 61.6 Å². The number of amides is 1. The van der Waals surface area contributed by atoms with E-state index in [4.69, 9.17) is 4.74 Å². The first-order valence-electron chi connectivity index (χ1n) is 8.97. The Hall–Kier alpha value is -3.02. The summed E-state index contributed by atoms with van der Waals surface area (Å²) in [5, 5.41) is 6.42. The molecule has 0 atom stereocenters. The second kappa shape index (κ2) is 10.9. The molecule has 2 rings (SSSR count). The van der Waals surface area contributed by atoms with E-state index >= 15 is 0 Å². The molecule has 0 bridgehead atoms. The zero-order valence-electron chi connectivity index (χ0n) is 16.2. The maximum absolute atomic E-state index is 12.3. The monoisotopic (exact) mass is 368 g/mol. The number of carbonyl (C=O) groups is 1. The zero-order chi connectivity index (χ0) is 19.5. The number of nitrogens with zero attached hydrogens (tertiary/aromatic N) is 2. The maximum atomic E-state index is 12.3. The summed E-state index contributed by atoms with van der Waals surface area (Å²) in [5.74, 6) is 1.58. The molecule has 0 aromatic heterocycles. The van der Waals surface area contributed by atoms with Crippen LogP contribution in [0.1, 0.15) is 17.5 Å². The van der Waals surface area contributed by atoms with Crippen LogP contribution in [0.4, 0.5) is 0 Å². The highest BCUT2D eigenvalue weighted by Gasteiger charge is 2.09. The van der Waals surface area contributed by atoms with E-state index in [0.717, 1.165) is 16.9 Å². The largest absolute Gasteiger partial charge is 0.497 e. The first kappa shape index (κ1) is 20.3. The van der Waals surface area contributed by atoms with E-state index in [1.54, 1.807) is 19.1 Å². The lowest BCUT2D eigenvalue weighted by Gasteiger charge is -2.18. The quantitative estimate of drug-likeness (QED) is 0.555. The number of benzene rings is 2. The normalized spacial score (nSPS) is 11.0. The van der Waals surface area contributed by atoms with E-state index < -0.39 is 0 Å². The topological polar surface area (TPSA) is 66.0 Å². The molecule has 0 unspecified atom stereocenters. The Kier molecular flexibility index (Phi) is 8.16. The summed E-state index contributed by atoms with van der Waals surface area (Å²) in [6.45, 7) is 1.76. The van der Waals surface area contributed by atoms with Gasteiger partial charge in [0.2, 0.25) is 5.91 Å². The van der Waals surface area contributed by atoms with Gasteiger partial charge >= 0.3 is 0 Å². The third kappa shape index (κ3) is 7.01. The maximum Gasteiger partial charge on any atom is 0.224 e. The lowest BCUT2D eigenvalue weighted by molar-refractivity contribution is -0.130. The van der Waals surface area contributed by atoms with Gasteiger partial charge in [-0.15, -0.1) is 0 Å². The first-order valence-corrected chi connectivity index (χ1v) is 8.97. The van der Waals surface area contributed by atoms with E-state index in [2.05, 4.69) is 15.6 Å². The Bertz CT molecular complexity index is 747. The van der Waals surface area contributed by atoms with Crippen molar-refractivity contribution in [2.45, 2.75) is 19.5 Å². The van der Waals surface area contributed by atoms with E-state index in [0.29, 0.717) is 32.0 Å². The van der Waals surface area contributed by atoms with E-state index in [9.17, 15) is 4.79 Å². The van der Waals surface area contributed by atoms with Gasteiger partial charge < -0.3 is 20.3 Å². The van der Waals surface area contributed by atoms with Gasteiger partial charge in [0, 0.05) is 40.2 Å². The van der Waals surface area contributed by atoms with Crippen LogP contribution in [-0.2, 0) is 17.9 Å². The van der Waals surface area contributed by atoms with Gasteiger partial charge in [0.1, 0.15) is 5.75 Å². The molecule has 0 spiro atoms.